The van der Waals surface area contributed by atoms with Crippen LogP contribution in [0, 0.1) is 15.3 Å². The van der Waals surface area contributed by atoms with Gasteiger partial charge in [-0.15, -0.1) is 0 Å². The Morgan fingerprint density at radius 2 is 2.21 bits per heavy atom. The molecule has 1 fully saturated rings. The van der Waals surface area contributed by atoms with Gasteiger partial charge in [-0.1, -0.05) is 18.9 Å². The SMILES string of the molecule is NC(CC1CC1)c1c(F)cccc1I. The molecular formula is C11H13FIN. The molecule has 3 heteroatoms. The van der Waals surface area contributed by atoms with Gasteiger partial charge >= 0.3 is 0 Å². The number of nitrogens with two attached hydrogens (primary N) is 1. The molecular weight excluding hydrogens is 292 g/mol. The maximum atomic E-state index is 13.5. The molecule has 0 amide bonds. The smallest absolute Gasteiger partial charge is 0.129 e. The molecule has 0 aliphatic heterocycles. The van der Waals surface area contributed by atoms with Gasteiger partial charge in [0.15, 0.2) is 0 Å². The van der Waals surface area contributed by atoms with Crippen LogP contribution in [0.25, 0.3) is 0 Å². The lowest BCUT2D eigenvalue weighted by Gasteiger charge is -2.14. The molecule has 1 aromatic rings. The first kappa shape index (κ1) is 10.4. The van der Waals surface area contributed by atoms with Crippen LogP contribution >= 0.6 is 22.6 Å². The van der Waals surface area contributed by atoms with E-state index in [1.807, 2.05) is 6.07 Å². The van der Waals surface area contributed by atoms with Crippen molar-refractivity contribution >= 4 is 22.6 Å². The van der Waals surface area contributed by atoms with Crippen molar-refractivity contribution in [3.8, 4) is 0 Å². The molecule has 1 nitrogen and oxygen atoms in total. The Morgan fingerprint density at radius 1 is 1.50 bits per heavy atom. The van der Waals surface area contributed by atoms with Crippen LogP contribution in [0.1, 0.15) is 30.9 Å². The van der Waals surface area contributed by atoms with Gasteiger partial charge in [-0.2, -0.15) is 0 Å². The molecule has 2 N–H and O–H groups in total. The van der Waals surface area contributed by atoms with Crippen LogP contribution in [-0.2, 0) is 0 Å². The maximum Gasteiger partial charge on any atom is 0.129 e. The summed E-state index contributed by atoms with van der Waals surface area (Å²) in [5, 5.41) is 0. The van der Waals surface area contributed by atoms with Crippen LogP contribution in [-0.4, -0.2) is 0 Å². The molecule has 14 heavy (non-hydrogen) atoms. The van der Waals surface area contributed by atoms with Crippen molar-refractivity contribution in [2.24, 2.45) is 11.7 Å². The molecule has 1 aromatic carbocycles. The highest BCUT2D eigenvalue weighted by molar-refractivity contribution is 14.1. The number of halogens is 2. The van der Waals surface area contributed by atoms with E-state index in [4.69, 9.17) is 5.73 Å². The minimum absolute atomic E-state index is 0.129. The van der Waals surface area contributed by atoms with Crippen molar-refractivity contribution in [1.29, 1.82) is 0 Å². The van der Waals surface area contributed by atoms with Crippen molar-refractivity contribution in [2.75, 3.05) is 0 Å². The minimum atomic E-state index is -0.162. The predicted octanol–water partition coefficient (Wildman–Crippen LogP) is 3.23. The highest BCUT2D eigenvalue weighted by atomic mass is 127. The van der Waals surface area contributed by atoms with E-state index in [0.717, 1.165) is 15.9 Å². The molecule has 76 valence electrons. The lowest BCUT2D eigenvalue weighted by molar-refractivity contribution is 0.540. The molecule has 0 aromatic heterocycles. The van der Waals surface area contributed by atoms with E-state index in [1.54, 1.807) is 6.07 Å². The van der Waals surface area contributed by atoms with E-state index in [0.29, 0.717) is 5.56 Å². The van der Waals surface area contributed by atoms with Crippen molar-refractivity contribution in [3.05, 3.63) is 33.1 Å². The summed E-state index contributed by atoms with van der Waals surface area (Å²) < 4.78 is 14.4. The Labute approximate surface area is 97.0 Å². The quantitative estimate of drug-likeness (QED) is 0.853. The Balaban J connectivity index is 2.19. The fourth-order valence-corrected chi connectivity index (χ4v) is 2.56. The number of hydrogen-bond donors (Lipinski definition) is 1. The van der Waals surface area contributed by atoms with Crippen LogP contribution in [0.15, 0.2) is 18.2 Å². The van der Waals surface area contributed by atoms with Gasteiger partial charge in [0.05, 0.1) is 0 Å². The third kappa shape index (κ3) is 2.25. The Kier molecular flexibility index (Phi) is 3.07. The highest BCUT2D eigenvalue weighted by Crippen LogP contribution is 2.38. The standard InChI is InChI=1S/C11H13FIN/c12-8-2-1-3-9(13)11(8)10(14)6-7-4-5-7/h1-3,7,10H,4-6,14H2. The van der Waals surface area contributed by atoms with Crippen LogP contribution in [0.5, 0.6) is 0 Å². The first-order chi connectivity index (χ1) is 6.68. The molecule has 0 bridgehead atoms. The van der Waals surface area contributed by atoms with Crippen molar-refractivity contribution < 1.29 is 4.39 Å². The summed E-state index contributed by atoms with van der Waals surface area (Å²) in [6.45, 7) is 0. The summed E-state index contributed by atoms with van der Waals surface area (Å²) >= 11 is 2.15. The van der Waals surface area contributed by atoms with Crippen LogP contribution < -0.4 is 5.73 Å². The largest absolute Gasteiger partial charge is 0.324 e. The van der Waals surface area contributed by atoms with E-state index in [2.05, 4.69) is 22.6 Å². The van der Waals surface area contributed by atoms with E-state index < -0.39 is 0 Å². The molecule has 1 aliphatic rings. The van der Waals surface area contributed by atoms with Crippen molar-refractivity contribution in [3.63, 3.8) is 0 Å². The molecule has 0 radical (unpaired) electrons. The zero-order valence-corrected chi connectivity index (χ0v) is 10.00. The van der Waals surface area contributed by atoms with Gasteiger partial charge in [0.2, 0.25) is 0 Å². The maximum absolute atomic E-state index is 13.5. The normalized spacial score (nSPS) is 18.2. The second-order valence-corrected chi connectivity index (χ2v) is 5.08. The second kappa shape index (κ2) is 4.14. The molecule has 1 aliphatic carbocycles. The zero-order chi connectivity index (χ0) is 10.1. The van der Waals surface area contributed by atoms with Crippen LogP contribution in [0.2, 0.25) is 0 Å². The summed E-state index contributed by atoms with van der Waals surface area (Å²) in [7, 11) is 0. The fourth-order valence-electron chi connectivity index (χ4n) is 1.70. The predicted molar refractivity (Wildman–Crippen MR) is 63.4 cm³/mol. The average Bonchev–Trinajstić information content (AvgIpc) is 2.87. The van der Waals surface area contributed by atoms with E-state index >= 15 is 0 Å². The van der Waals surface area contributed by atoms with E-state index in [-0.39, 0.29) is 11.9 Å². The molecule has 0 heterocycles. The van der Waals surface area contributed by atoms with Gasteiger partial charge < -0.3 is 5.73 Å². The van der Waals surface area contributed by atoms with Gasteiger partial charge in [-0.05, 0) is 47.1 Å². The fraction of sp³-hybridized carbons (Fsp3) is 0.455. The number of hydrogen-bond acceptors (Lipinski definition) is 1. The summed E-state index contributed by atoms with van der Waals surface area (Å²) in [6, 6.07) is 5.00. The second-order valence-electron chi connectivity index (χ2n) is 3.92. The molecule has 2 rings (SSSR count). The zero-order valence-electron chi connectivity index (χ0n) is 7.84. The van der Waals surface area contributed by atoms with Crippen LogP contribution in [0.3, 0.4) is 0 Å². The van der Waals surface area contributed by atoms with E-state index in [1.165, 1.54) is 18.9 Å². The first-order valence-electron chi connectivity index (χ1n) is 4.88. The Bertz CT molecular complexity index is 316. The van der Waals surface area contributed by atoms with Crippen molar-refractivity contribution in [2.45, 2.75) is 25.3 Å². The third-order valence-corrected chi connectivity index (χ3v) is 3.60. The summed E-state index contributed by atoms with van der Waals surface area (Å²) in [5.74, 6) is 0.574. The van der Waals surface area contributed by atoms with Gasteiger partial charge in [0, 0.05) is 15.2 Å². The summed E-state index contributed by atoms with van der Waals surface area (Å²) in [5.41, 5.74) is 6.69. The van der Waals surface area contributed by atoms with Crippen LogP contribution in [0.4, 0.5) is 4.39 Å². The molecule has 1 unspecified atom stereocenters. The lowest BCUT2D eigenvalue weighted by atomic mass is 10.0. The summed E-state index contributed by atoms with van der Waals surface area (Å²) in [6.07, 6.45) is 3.45. The Morgan fingerprint density at radius 3 is 2.79 bits per heavy atom. The average molecular weight is 305 g/mol. The summed E-state index contributed by atoms with van der Waals surface area (Å²) in [4.78, 5) is 0. The van der Waals surface area contributed by atoms with Crippen molar-refractivity contribution in [1.82, 2.24) is 0 Å². The lowest BCUT2D eigenvalue weighted by Crippen LogP contribution is -2.14. The van der Waals surface area contributed by atoms with Gasteiger partial charge in [0.25, 0.3) is 0 Å². The molecule has 1 atom stereocenters. The first-order valence-corrected chi connectivity index (χ1v) is 5.96. The number of benzene rings is 1. The third-order valence-electron chi connectivity index (χ3n) is 2.65. The topological polar surface area (TPSA) is 26.0 Å². The van der Waals surface area contributed by atoms with Gasteiger partial charge in [-0.25, -0.2) is 4.39 Å². The van der Waals surface area contributed by atoms with Gasteiger partial charge in [-0.3, -0.25) is 0 Å². The molecule has 0 spiro atoms. The Hall–Kier alpha value is -0.160. The minimum Gasteiger partial charge on any atom is -0.324 e. The van der Waals surface area contributed by atoms with Gasteiger partial charge in [0.1, 0.15) is 5.82 Å². The highest BCUT2D eigenvalue weighted by Gasteiger charge is 2.26. The molecule has 0 saturated heterocycles. The monoisotopic (exact) mass is 305 g/mol. The molecule has 1 saturated carbocycles. The number of rotatable bonds is 3. The van der Waals surface area contributed by atoms with E-state index in [9.17, 15) is 4.39 Å².